The van der Waals surface area contributed by atoms with Gasteiger partial charge in [-0.1, -0.05) is 30.3 Å². The van der Waals surface area contributed by atoms with Crippen LogP contribution in [0.15, 0.2) is 53.5 Å². The average molecular weight is 447 g/mol. The Morgan fingerprint density at radius 3 is 2.65 bits per heavy atom. The largest absolute Gasteiger partial charge is 0.335 e. The molecule has 1 aliphatic heterocycles. The summed E-state index contributed by atoms with van der Waals surface area (Å²) in [7, 11) is -3.19. The number of hydrogen-bond acceptors (Lipinski definition) is 5. The molecule has 2 N–H and O–H groups in total. The zero-order chi connectivity index (χ0) is 22.4. The van der Waals surface area contributed by atoms with Gasteiger partial charge in [0.1, 0.15) is 15.5 Å². The Labute approximate surface area is 183 Å². The Morgan fingerprint density at radius 1 is 1.19 bits per heavy atom. The molecular formula is C22H30N4O4S. The Hall–Kier alpha value is -2.65. The number of aromatic nitrogens is 1. The van der Waals surface area contributed by atoms with Gasteiger partial charge >= 0.3 is 6.03 Å². The summed E-state index contributed by atoms with van der Waals surface area (Å²) in [5, 5.41) is 5.54. The van der Waals surface area contributed by atoms with Crippen LogP contribution in [0.3, 0.4) is 0 Å². The van der Waals surface area contributed by atoms with Crippen molar-refractivity contribution in [2.24, 2.45) is 5.92 Å². The first-order chi connectivity index (χ1) is 14.7. The number of nitrogens with one attached hydrogen (secondary N) is 2. The fourth-order valence-corrected chi connectivity index (χ4v) is 4.34. The third-order valence-electron chi connectivity index (χ3n) is 5.60. The molecule has 0 saturated carbocycles. The van der Waals surface area contributed by atoms with Crippen LogP contribution in [0.4, 0.5) is 10.5 Å². The van der Waals surface area contributed by atoms with E-state index in [-0.39, 0.29) is 24.0 Å². The molecule has 8 nitrogen and oxygen atoms in total. The molecule has 1 aliphatic rings. The van der Waals surface area contributed by atoms with Crippen LogP contribution in [-0.2, 0) is 22.9 Å². The van der Waals surface area contributed by atoms with Crippen LogP contribution in [0.25, 0.3) is 0 Å². The molecule has 0 bridgehead atoms. The van der Waals surface area contributed by atoms with Crippen LogP contribution in [0.1, 0.15) is 18.9 Å². The van der Waals surface area contributed by atoms with Crippen molar-refractivity contribution in [3.05, 3.63) is 64.6 Å². The van der Waals surface area contributed by atoms with Crippen molar-refractivity contribution in [2.45, 2.75) is 32.5 Å². The molecule has 1 aromatic carbocycles. The number of urea groups is 1. The number of likely N-dealkylation sites (tertiary alicyclic amines) is 1. The zero-order valence-electron chi connectivity index (χ0n) is 18.0. The van der Waals surface area contributed by atoms with Gasteiger partial charge < -0.3 is 15.2 Å². The second kappa shape index (κ2) is 10.1. The van der Waals surface area contributed by atoms with Crippen LogP contribution in [0.2, 0.25) is 0 Å². The number of hydrogen-bond donors (Lipinski definition) is 2. The monoisotopic (exact) mass is 446 g/mol. The van der Waals surface area contributed by atoms with Gasteiger partial charge in [0.25, 0.3) is 5.56 Å². The second-order valence-electron chi connectivity index (χ2n) is 8.21. The highest BCUT2D eigenvalue weighted by molar-refractivity contribution is 7.90. The first kappa shape index (κ1) is 23.0. The number of anilines is 1. The fraction of sp³-hybridized carbons (Fsp3) is 0.455. The van der Waals surface area contributed by atoms with Crippen molar-refractivity contribution >= 4 is 21.6 Å². The van der Waals surface area contributed by atoms with Crippen LogP contribution in [-0.4, -0.2) is 55.1 Å². The minimum Gasteiger partial charge on any atom is -0.335 e. The predicted molar refractivity (Wildman–Crippen MR) is 122 cm³/mol. The first-order valence-electron chi connectivity index (χ1n) is 10.4. The first-order valence-corrected chi connectivity index (χ1v) is 12.5. The highest BCUT2D eigenvalue weighted by Gasteiger charge is 2.28. The molecule has 2 unspecified atom stereocenters. The van der Waals surface area contributed by atoms with E-state index in [0.717, 1.165) is 32.3 Å². The summed E-state index contributed by atoms with van der Waals surface area (Å²) in [6.07, 6.45) is 3.63. The van der Waals surface area contributed by atoms with Crippen molar-refractivity contribution in [2.75, 3.05) is 30.4 Å². The molecule has 0 spiro atoms. The van der Waals surface area contributed by atoms with E-state index in [1.807, 2.05) is 25.1 Å². The van der Waals surface area contributed by atoms with E-state index in [1.165, 1.54) is 22.4 Å². The van der Waals surface area contributed by atoms with Gasteiger partial charge in [-0.25, -0.2) is 13.2 Å². The summed E-state index contributed by atoms with van der Waals surface area (Å²) in [4.78, 5) is 27.3. The molecule has 0 radical (unpaired) electrons. The van der Waals surface area contributed by atoms with E-state index >= 15 is 0 Å². The number of amides is 2. The molecule has 2 aromatic rings. The number of nitrogens with zero attached hydrogens (tertiary/aromatic N) is 2. The van der Waals surface area contributed by atoms with Crippen molar-refractivity contribution in [3.8, 4) is 0 Å². The molecule has 2 heterocycles. The standard InChI is InChI=1S/C22H30N4O4S/c1-17(19-10-12-25(16-19)15-18-7-4-3-5-8-18)23-22(28)24-20-9-6-11-26(21(20)27)13-14-31(2,29)30/h3-9,11,17,19H,10,12-16H2,1-2H3,(H2,23,24,28). The van der Waals surface area contributed by atoms with Crippen molar-refractivity contribution in [1.82, 2.24) is 14.8 Å². The van der Waals surface area contributed by atoms with Crippen molar-refractivity contribution < 1.29 is 13.2 Å². The number of benzene rings is 1. The van der Waals surface area contributed by atoms with Crippen LogP contribution in [0, 0.1) is 5.92 Å². The summed E-state index contributed by atoms with van der Waals surface area (Å²) in [6.45, 7) is 4.81. The third kappa shape index (κ3) is 6.93. The quantitative estimate of drug-likeness (QED) is 0.645. The lowest BCUT2D eigenvalue weighted by atomic mass is 10.0. The number of carbonyl (C=O) groups is 1. The van der Waals surface area contributed by atoms with E-state index in [0.29, 0.717) is 5.92 Å². The molecule has 1 fully saturated rings. The van der Waals surface area contributed by atoms with Gasteiger partial charge in [-0.2, -0.15) is 0 Å². The minimum atomic E-state index is -3.19. The highest BCUT2D eigenvalue weighted by atomic mass is 32.2. The smallest absolute Gasteiger partial charge is 0.319 e. The molecule has 168 valence electrons. The summed E-state index contributed by atoms with van der Waals surface area (Å²) < 4.78 is 24.0. The number of sulfone groups is 1. The van der Waals surface area contributed by atoms with Crippen molar-refractivity contribution in [1.29, 1.82) is 0 Å². The predicted octanol–water partition coefficient (Wildman–Crippen LogP) is 1.92. The van der Waals surface area contributed by atoms with E-state index in [2.05, 4.69) is 27.7 Å². The Morgan fingerprint density at radius 2 is 1.94 bits per heavy atom. The summed E-state index contributed by atoms with van der Waals surface area (Å²) in [5.74, 6) is 0.192. The molecular weight excluding hydrogens is 416 g/mol. The van der Waals surface area contributed by atoms with Crippen LogP contribution in [0.5, 0.6) is 0 Å². The molecule has 3 rings (SSSR count). The maximum absolute atomic E-state index is 12.5. The second-order valence-corrected chi connectivity index (χ2v) is 10.5. The van der Waals surface area contributed by atoms with E-state index < -0.39 is 21.4 Å². The number of aryl methyl sites for hydroxylation is 1. The maximum Gasteiger partial charge on any atom is 0.319 e. The van der Waals surface area contributed by atoms with Crippen LogP contribution >= 0.6 is 0 Å². The number of carbonyl (C=O) groups excluding carboxylic acids is 1. The normalized spacial score (nSPS) is 17.9. The van der Waals surface area contributed by atoms with Gasteiger partial charge in [-0.05, 0) is 43.5 Å². The lowest BCUT2D eigenvalue weighted by molar-refractivity contribution is 0.242. The topological polar surface area (TPSA) is 101 Å². The van der Waals surface area contributed by atoms with Gasteiger partial charge in [0.15, 0.2) is 0 Å². The maximum atomic E-state index is 12.5. The molecule has 2 amide bonds. The highest BCUT2D eigenvalue weighted by Crippen LogP contribution is 2.21. The fourth-order valence-electron chi connectivity index (χ4n) is 3.81. The number of rotatable bonds is 8. The van der Waals surface area contributed by atoms with E-state index in [1.54, 1.807) is 6.07 Å². The van der Waals surface area contributed by atoms with Gasteiger partial charge in [0, 0.05) is 38.1 Å². The molecule has 2 atom stereocenters. The average Bonchev–Trinajstić information content (AvgIpc) is 3.17. The van der Waals surface area contributed by atoms with Gasteiger partial charge in [0.05, 0.1) is 5.75 Å². The Kier molecular flexibility index (Phi) is 7.50. The molecule has 1 saturated heterocycles. The number of pyridine rings is 1. The van der Waals surface area contributed by atoms with Gasteiger partial charge in [-0.3, -0.25) is 9.69 Å². The summed E-state index contributed by atoms with van der Waals surface area (Å²) >= 11 is 0. The Balaban J connectivity index is 1.52. The van der Waals surface area contributed by atoms with Crippen molar-refractivity contribution in [3.63, 3.8) is 0 Å². The minimum absolute atomic E-state index is 0.0445. The SMILES string of the molecule is CC(NC(=O)Nc1cccn(CCS(C)(=O)=O)c1=O)C1CCN(Cc2ccccc2)C1. The van der Waals surface area contributed by atoms with E-state index in [4.69, 9.17) is 0 Å². The molecule has 1 aromatic heterocycles. The van der Waals surface area contributed by atoms with Gasteiger partial charge in [0.2, 0.25) is 0 Å². The summed E-state index contributed by atoms with van der Waals surface area (Å²) in [5.41, 5.74) is 0.972. The molecule has 31 heavy (non-hydrogen) atoms. The van der Waals surface area contributed by atoms with E-state index in [9.17, 15) is 18.0 Å². The zero-order valence-corrected chi connectivity index (χ0v) is 18.8. The van der Waals surface area contributed by atoms with Crippen LogP contribution < -0.4 is 16.2 Å². The molecule has 0 aliphatic carbocycles. The lowest BCUT2D eigenvalue weighted by Crippen LogP contribution is -2.42. The Bertz CT molecular complexity index is 1050. The van der Waals surface area contributed by atoms with Gasteiger partial charge in [-0.15, -0.1) is 0 Å². The third-order valence-corrected chi connectivity index (χ3v) is 6.52. The lowest BCUT2D eigenvalue weighted by Gasteiger charge is -2.22. The summed E-state index contributed by atoms with van der Waals surface area (Å²) in [6, 6.07) is 13.0. The molecule has 9 heteroatoms.